The third-order valence-corrected chi connectivity index (χ3v) is 3.97. The van der Waals surface area contributed by atoms with Crippen LogP contribution in [-0.2, 0) is 9.59 Å². The van der Waals surface area contributed by atoms with E-state index in [2.05, 4.69) is 16.0 Å². The van der Waals surface area contributed by atoms with Crippen LogP contribution in [0.15, 0.2) is 48.5 Å². The number of anilines is 2. The van der Waals surface area contributed by atoms with Gasteiger partial charge in [0.2, 0.25) is 11.8 Å². The second-order valence-corrected chi connectivity index (χ2v) is 6.82. The summed E-state index contributed by atoms with van der Waals surface area (Å²) in [5.74, 6) is -0.897. The zero-order valence-corrected chi connectivity index (χ0v) is 16.0. The van der Waals surface area contributed by atoms with Crippen molar-refractivity contribution in [2.75, 3.05) is 10.6 Å². The van der Waals surface area contributed by atoms with Crippen molar-refractivity contribution in [3.63, 3.8) is 0 Å². The second-order valence-electron chi connectivity index (χ2n) is 6.82. The Kier molecular flexibility index (Phi) is 6.71. The smallest absolute Gasteiger partial charge is 0.251 e. The lowest BCUT2D eigenvalue weighted by molar-refractivity contribution is -0.119. The van der Waals surface area contributed by atoms with Gasteiger partial charge in [0, 0.05) is 23.9 Å². The van der Waals surface area contributed by atoms with Crippen molar-refractivity contribution >= 4 is 29.1 Å². The number of aryl methyl sites for hydroxylation is 1. The zero-order chi connectivity index (χ0) is 20.0. The second kappa shape index (κ2) is 8.98. The topological polar surface area (TPSA) is 87.3 Å². The Morgan fingerprint density at radius 2 is 1.52 bits per heavy atom. The van der Waals surface area contributed by atoms with Crippen molar-refractivity contribution in [3.8, 4) is 0 Å². The minimum absolute atomic E-state index is 0.0997. The Balaban J connectivity index is 2.11. The molecule has 0 aromatic heterocycles. The third kappa shape index (κ3) is 5.95. The first kappa shape index (κ1) is 20.2. The van der Waals surface area contributed by atoms with Gasteiger partial charge in [0.1, 0.15) is 6.04 Å². The van der Waals surface area contributed by atoms with Crippen LogP contribution in [0.25, 0.3) is 0 Å². The average molecular weight is 367 g/mol. The van der Waals surface area contributed by atoms with E-state index in [1.807, 2.05) is 32.9 Å². The van der Waals surface area contributed by atoms with Crippen LogP contribution in [0, 0.1) is 12.8 Å². The molecule has 0 aliphatic carbocycles. The SMILES string of the molecule is CC(=O)Nc1cccc(NC(=O)C(NC(=O)c2cccc(C)c2)C(C)C)c1. The molecule has 2 aromatic rings. The van der Waals surface area contributed by atoms with Crippen LogP contribution in [0.4, 0.5) is 11.4 Å². The standard InChI is InChI=1S/C21H25N3O3/c1-13(2)19(24-20(26)16-8-5-7-14(3)11-16)21(27)23-18-10-6-9-17(12-18)22-15(4)25/h5-13,19H,1-4H3,(H,22,25)(H,23,27)(H,24,26). The summed E-state index contributed by atoms with van der Waals surface area (Å²) >= 11 is 0. The van der Waals surface area contributed by atoms with Gasteiger partial charge >= 0.3 is 0 Å². The molecule has 0 spiro atoms. The van der Waals surface area contributed by atoms with E-state index in [4.69, 9.17) is 0 Å². The number of hydrogen-bond acceptors (Lipinski definition) is 3. The van der Waals surface area contributed by atoms with Crippen LogP contribution in [-0.4, -0.2) is 23.8 Å². The molecule has 0 radical (unpaired) electrons. The largest absolute Gasteiger partial charge is 0.340 e. The maximum absolute atomic E-state index is 12.7. The van der Waals surface area contributed by atoms with E-state index in [1.54, 1.807) is 36.4 Å². The monoisotopic (exact) mass is 367 g/mol. The number of carbonyl (C=O) groups excluding carboxylic acids is 3. The molecular formula is C21H25N3O3. The molecule has 6 heteroatoms. The van der Waals surface area contributed by atoms with E-state index < -0.39 is 6.04 Å². The van der Waals surface area contributed by atoms with Crippen LogP contribution in [0.5, 0.6) is 0 Å². The van der Waals surface area contributed by atoms with Crippen LogP contribution >= 0.6 is 0 Å². The molecule has 1 atom stereocenters. The quantitative estimate of drug-likeness (QED) is 0.732. The fourth-order valence-electron chi connectivity index (χ4n) is 2.64. The van der Waals surface area contributed by atoms with Gasteiger partial charge in [-0.05, 0) is 43.2 Å². The first-order valence-corrected chi connectivity index (χ1v) is 8.82. The highest BCUT2D eigenvalue weighted by Crippen LogP contribution is 2.16. The van der Waals surface area contributed by atoms with E-state index in [0.29, 0.717) is 16.9 Å². The molecule has 0 saturated carbocycles. The Labute approximate surface area is 159 Å². The number of amides is 3. The first-order valence-electron chi connectivity index (χ1n) is 8.82. The Morgan fingerprint density at radius 3 is 2.11 bits per heavy atom. The summed E-state index contributed by atoms with van der Waals surface area (Å²) in [6.45, 7) is 7.06. The van der Waals surface area contributed by atoms with Gasteiger partial charge in [-0.25, -0.2) is 0 Å². The highest BCUT2D eigenvalue weighted by atomic mass is 16.2. The minimum Gasteiger partial charge on any atom is -0.340 e. The highest BCUT2D eigenvalue weighted by Gasteiger charge is 2.25. The summed E-state index contributed by atoms with van der Waals surface area (Å²) in [4.78, 5) is 36.4. The van der Waals surface area contributed by atoms with Crippen LogP contribution in [0.3, 0.4) is 0 Å². The number of hydrogen-bond donors (Lipinski definition) is 3. The summed E-state index contributed by atoms with van der Waals surface area (Å²) in [5.41, 5.74) is 2.62. The molecule has 0 fully saturated rings. The maximum Gasteiger partial charge on any atom is 0.251 e. The van der Waals surface area contributed by atoms with Gasteiger partial charge in [-0.3, -0.25) is 14.4 Å². The normalized spacial score (nSPS) is 11.6. The number of carbonyl (C=O) groups is 3. The molecule has 0 bridgehead atoms. The number of rotatable bonds is 6. The number of nitrogens with one attached hydrogen (secondary N) is 3. The summed E-state index contributed by atoms with van der Waals surface area (Å²) in [6, 6.07) is 13.4. The first-order chi connectivity index (χ1) is 12.8. The van der Waals surface area contributed by atoms with E-state index in [-0.39, 0.29) is 23.6 Å². The van der Waals surface area contributed by atoms with Gasteiger partial charge in [-0.15, -0.1) is 0 Å². The predicted molar refractivity (Wildman–Crippen MR) is 107 cm³/mol. The van der Waals surface area contributed by atoms with Crippen molar-refractivity contribution < 1.29 is 14.4 Å². The molecular weight excluding hydrogens is 342 g/mol. The Bertz CT molecular complexity index is 846. The molecule has 142 valence electrons. The number of benzene rings is 2. The molecule has 2 aromatic carbocycles. The van der Waals surface area contributed by atoms with Crippen LogP contribution in [0.2, 0.25) is 0 Å². The maximum atomic E-state index is 12.7. The van der Waals surface area contributed by atoms with E-state index in [1.165, 1.54) is 6.92 Å². The molecule has 27 heavy (non-hydrogen) atoms. The van der Waals surface area contributed by atoms with Crippen LogP contribution < -0.4 is 16.0 Å². The molecule has 2 rings (SSSR count). The average Bonchev–Trinajstić information content (AvgIpc) is 2.58. The van der Waals surface area contributed by atoms with Gasteiger partial charge < -0.3 is 16.0 Å². The molecule has 3 amide bonds. The van der Waals surface area contributed by atoms with Gasteiger partial charge in [0.05, 0.1) is 0 Å². The summed E-state index contributed by atoms with van der Waals surface area (Å²) < 4.78 is 0. The third-order valence-electron chi connectivity index (χ3n) is 3.97. The Morgan fingerprint density at radius 1 is 0.889 bits per heavy atom. The van der Waals surface area contributed by atoms with Crippen molar-refractivity contribution in [3.05, 3.63) is 59.7 Å². The fraction of sp³-hybridized carbons (Fsp3) is 0.286. The molecule has 6 nitrogen and oxygen atoms in total. The van der Waals surface area contributed by atoms with Crippen molar-refractivity contribution in [1.82, 2.24) is 5.32 Å². The van der Waals surface area contributed by atoms with Crippen molar-refractivity contribution in [2.24, 2.45) is 5.92 Å². The van der Waals surface area contributed by atoms with E-state index in [0.717, 1.165) is 5.56 Å². The molecule has 0 heterocycles. The van der Waals surface area contributed by atoms with E-state index >= 15 is 0 Å². The summed E-state index contributed by atoms with van der Waals surface area (Å²) in [6.07, 6.45) is 0. The molecule has 1 unspecified atom stereocenters. The van der Waals surface area contributed by atoms with Gasteiger partial charge in [0.25, 0.3) is 5.91 Å². The van der Waals surface area contributed by atoms with Crippen LogP contribution in [0.1, 0.15) is 36.7 Å². The van der Waals surface area contributed by atoms with Gasteiger partial charge in [0.15, 0.2) is 0 Å². The summed E-state index contributed by atoms with van der Waals surface area (Å²) in [5, 5.41) is 8.28. The molecule has 0 aliphatic heterocycles. The molecule has 0 aliphatic rings. The lowest BCUT2D eigenvalue weighted by atomic mass is 10.0. The molecule has 0 saturated heterocycles. The minimum atomic E-state index is -0.692. The van der Waals surface area contributed by atoms with E-state index in [9.17, 15) is 14.4 Å². The lowest BCUT2D eigenvalue weighted by Crippen LogP contribution is -2.47. The Hall–Kier alpha value is -3.15. The predicted octanol–water partition coefficient (Wildman–Crippen LogP) is 3.35. The lowest BCUT2D eigenvalue weighted by Gasteiger charge is -2.22. The van der Waals surface area contributed by atoms with Gasteiger partial charge in [-0.2, -0.15) is 0 Å². The van der Waals surface area contributed by atoms with Gasteiger partial charge in [-0.1, -0.05) is 37.6 Å². The fourth-order valence-corrected chi connectivity index (χ4v) is 2.64. The summed E-state index contributed by atoms with van der Waals surface area (Å²) in [7, 11) is 0. The van der Waals surface area contributed by atoms with Crippen molar-refractivity contribution in [2.45, 2.75) is 33.7 Å². The van der Waals surface area contributed by atoms with Crippen molar-refractivity contribution in [1.29, 1.82) is 0 Å². The molecule has 3 N–H and O–H groups in total. The zero-order valence-electron chi connectivity index (χ0n) is 16.0. The highest BCUT2D eigenvalue weighted by molar-refractivity contribution is 6.01.